The topological polar surface area (TPSA) is 76.0 Å². The standard InChI is InChI=1S/C15H18Br2O5/c1-8-4-12(18)14(19)13(22-8)2-3-21-15(20)9-5-10(16)7-11(17)6-9/h5-8,12-14,18-19H,2-4H2,1H3. The van der Waals surface area contributed by atoms with E-state index in [1.807, 2.05) is 13.0 Å². The maximum absolute atomic E-state index is 12.0. The van der Waals surface area contributed by atoms with Gasteiger partial charge >= 0.3 is 5.97 Å². The van der Waals surface area contributed by atoms with Crippen molar-refractivity contribution in [1.29, 1.82) is 0 Å². The molecule has 22 heavy (non-hydrogen) atoms. The molecule has 122 valence electrons. The van der Waals surface area contributed by atoms with Crippen molar-refractivity contribution in [2.45, 2.75) is 44.2 Å². The van der Waals surface area contributed by atoms with Crippen LogP contribution in [-0.4, -0.2) is 47.2 Å². The Bertz CT molecular complexity index is 516. The number of halogens is 2. The van der Waals surface area contributed by atoms with E-state index in [0.29, 0.717) is 18.4 Å². The van der Waals surface area contributed by atoms with Gasteiger partial charge in [0.25, 0.3) is 0 Å². The molecule has 1 aromatic carbocycles. The summed E-state index contributed by atoms with van der Waals surface area (Å²) in [7, 11) is 0. The fourth-order valence-electron chi connectivity index (χ4n) is 2.42. The summed E-state index contributed by atoms with van der Waals surface area (Å²) in [6, 6.07) is 5.17. The first-order chi connectivity index (χ1) is 10.4. The predicted molar refractivity (Wildman–Crippen MR) is 87.7 cm³/mol. The van der Waals surface area contributed by atoms with Crippen LogP contribution >= 0.6 is 31.9 Å². The van der Waals surface area contributed by atoms with Gasteiger partial charge in [0.05, 0.1) is 30.5 Å². The Kier molecular flexibility index (Phi) is 6.40. The predicted octanol–water partition coefficient (Wildman–Crippen LogP) is 2.66. The number of carbonyl (C=O) groups excluding carboxylic acids is 1. The third-order valence-corrected chi connectivity index (χ3v) is 4.41. The second-order valence-electron chi connectivity index (χ2n) is 5.36. The second kappa shape index (κ2) is 7.88. The van der Waals surface area contributed by atoms with Gasteiger partial charge in [-0.15, -0.1) is 0 Å². The van der Waals surface area contributed by atoms with Crippen molar-refractivity contribution in [3.8, 4) is 0 Å². The molecule has 1 saturated heterocycles. The molecule has 1 aromatic rings. The summed E-state index contributed by atoms with van der Waals surface area (Å²) in [6.45, 7) is 1.96. The Balaban J connectivity index is 1.86. The van der Waals surface area contributed by atoms with Crippen molar-refractivity contribution in [2.24, 2.45) is 0 Å². The van der Waals surface area contributed by atoms with E-state index in [9.17, 15) is 15.0 Å². The van der Waals surface area contributed by atoms with Crippen LogP contribution in [0.4, 0.5) is 0 Å². The molecular formula is C15H18Br2O5. The fraction of sp³-hybridized carbons (Fsp3) is 0.533. The van der Waals surface area contributed by atoms with Crippen molar-refractivity contribution in [1.82, 2.24) is 0 Å². The summed E-state index contributed by atoms with van der Waals surface area (Å²) in [5.41, 5.74) is 0.430. The zero-order valence-electron chi connectivity index (χ0n) is 12.0. The van der Waals surface area contributed by atoms with Crippen molar-refractivity contribution in [3.63, 3.8) is 0 Å². The highest BCUT2D eigenvalue weighted by Gasteiger charge is 2.34. The van der Waals surface area contributed by atoms with Gasteiger partial charge in [-0.3, -0.25) is 0 Å². The minimum atomic E-state index is -0.949. The van der Waals surface area contributed by atoms with E-state index in [-0.39, 0.29) is 12.7 Å². The van der Waals surface area contributed by atoms with Gasteiger partial charge < -0.3 is 19.7 Å². The SMILES string of the molecule is CC1CC(O)C(O)C(CCOC(=O)c2cc(Br)cc(Br)c2)O1. The van der Waals surface area contributed by atoms with Gasteiger partial charge in [0.15, 0.2) is 0 Å². The average molecular weight is 438 g/mol. The normalized spacial score (nSPS) is 28.4. The summed E-state index contributed by atoms with van der Waals surface area (Å²) in [5.74, 6) is -0.444. The zero-order chi connectivity index (χ0) is 16.3. The maximum Gasteiger partial charge on any atom is 0.338 e. The lowest BCUT2D eigenvalue weighted by molar-refractivity contribution is -0.167. The molecule has 1 heterocycles. The second-order valence-corrected chi connectivity index (χ2v) is 7.19. The Hall–Kier alpha value is -0.470. The largest absolute Gasteiger partial charge is 0.462 e. The summed E-state index contributed by atoms with van der Waals surface area (Å²) in [6.07, 6.45) is -1.66. The number of esters is 1. The molecule has 0 spiro atoms. The third-order valence-electron chi connectivity index (χ3n) is 3.49. The summed E-state index contributed by atoms with van der Waals surface area (Å²) in [5, 5.41) is 19.6. The van der Waals surface area contributed by atoms with E-state index in [0.717, 1.165) is 8.95 Å². The van der Waals surface area contributed by atoms with E-state index in [1.165, 1.54) is 0 Å². The van der Waals surface area contributed by atoms with Crippen LogP contribution in [0.15, 0.2) is 27.1 Å². The Morgan fingerprint density at radius 2 is 1.95 bits per heavy atom. The molecule has 1 fully saturated rings. The Labute approximate surface area is 145 Å². The summed E-state index contributed by atoms with van der Waals surface area (Å²) < 4.78 is 12.3. The fourth-order valence-corrected chi connectivity index (χ4v) is 3.72. The van der Waals surface area contributed by atoms with Gasteiger partial charge in [-0.1, -0.05) is 31.9 Å². The molecule has 5 nitrogen and oxygen atoms in total. The number of aliphatic hydroxyl groups excluding tert-OH is 2. The molecule has 4 unspecified atom stereocenters. The van der Waals surface area contributed by atoms with E-state index < -0.39 is 24.3 Å². The number of aliphatic hydroxyl groups is 2. The van der Waals surface area contributed by atoms with E-state index in [2.05, 4.69) is 31.9 Å². The van der Waals surface area contributed by atoms with Crippen molar-refractivity contribution >= 4 is 37.8 Å². The summed E-state index contributed by atoms with van der Waals surface area (Å²) >= 11 is 6.63. The highest BCUT2D eigenvalue weighted by Crippen LogP contribution is 2.23. The van der Waals surface area contributed by atoms with Crippen LogP contribution in [0, 0.1) is 0 Å². The minimum absolute atomic E-state index is 0.115. The van der Waals surface area contributed by atoms with Crippen LogP contribution < -0.4 is 0 Å². The van der Waals surface area contributed by atoms with Crippen LogP contribution in [0.25, 0.3) is 0 Å². The molecule has 2 N–H and O–H groups in total. The molecule has 4 atom stereocenters. The maximum atomic E-state index is 12.0. The van der Waals surface area contributed by atoms with Crippen molar-refractivity contribution < 1.29 is 24.5 Å². The van der Waals surface area contributed by atoms with E-state index in [1.54, 1.807) is 12.1 Å². The molecule has 0 aromatic heterocycles. The van der Waals surface area contributed by atoms with Gasteiger partial charge in [-0.25, -0.2) is 4.79 Å². The molecule has 2 rings (SSSR count). The van der Waals surface area contributed by atoms with E-state index >= 15 is 0 Å². The first-order valence-corrected chi connectivity index (χ1v) is 8.60. The Morgan fingerprint density at radius 1 is 1.32 bits per heavy atom. The number of hydrogen-bond acceptors (Lipinski definition) is 5. The molecule has 0 radical (unpaired) electrons. The highest BCUT2D eigenvalue weighted by atomic mass is 79.9. The number of ether oxygens (including phenoxy) is 2. The smallest absolute Gasteiger partial charge is 0.338 e. The van der Waals surface area contributed by atoms with Crippen LogP contribution in [0.3, 0.4) is 0 Å². The van der Waals surface area contributed by atoms with Gasteiger partial charge in [-0.2, -0.15) is 0 Å². The lowest BCUT2D eigenvalue weighted by Gasteiger charge is -2.35. The lowest BCUT2D eigenvalue weighted by atomic mass is 9.97. The van der Waals surface area contributed by atoms with Gasteiger partial charge in [0, 0.05) is 21.8 Å². The molecule has 1 aliphatic heterocycles. The molecular weight excluding hydrogens is 420 g/mol. The molecule has 0 aliphatic carbocycles. The highest BCUT2D eigenvalue weighted by molar-refractivity contribution is 9.11. The number of benzene rings is 1. The third kappa shape index (κ3) is 4.76. The van der Waals surface area contributed by atoms with Crippen molar-refractivity contribution in [3.05, 3.63) is 32.7 Å². The van der Waals surface area contributed by atoms with Gasteiger partial charge in [0.2, 0.25) is 0 Å². The molecule has 7 heteroatoms. The van der Waals surface area contributed by atoms with Crippen molar-refractivity contribution in [2.75, 3.05) is 6.61 Å². The number of carbonyl (C=O) groups is 1. The first kappa shape index (κ1) is 17.9. The molecule has 0 saturated carbocycles. The first-order valence-electron chi connectivity index (χ1n) is 7.01. The quantitative estimate of drug-likeness (QED) is 0.708. The number of rotatable bonds is 4. The van der Waals surface area contributed by atoms with Gasteiger partial charge in [0.1, 0.15) is 6.10 Å². The summed E-state index contributed by atoms with van der Waals surface area (Å²) in [4.78, 5) is 12.0. The molecule has 0 amide bonds. The van der Waals surface area contributed by atoms with Crippen LogP contribution in [0.2, 0.25) is 0 Å². The Morgan fingerprint density at radius 3 is 2.59 bits per heavy atom. The van der Waals surface area contributed by atoms with Crippen LogP contribution in [-0.2, 0) is 9.47 Å². The molecule has 1 aliphatic rings. The van der Waals surface area contributed by atoms with E-state index in [4.69, 9.17) is 9.47 Å². The average Bonchev–Trinajstić information content (AvgIpc) is 2.42. The monoisotopic (exact) mass is 436 g/mol. The van der Waals surface area contributed by atoms with Gasteiger partial charge in [-0.05, 0) is 25.1 Å². The number of hydrogen-bond donors (Lipinski definition) is 2. The molecule has 0 bridgehead atoms. The zero-order valence-corrected chi connectivity index (χ0v) is 15.2. The lowest BCUT2D eigenvalue weighted by Crippen LogP contribution is -2.47. The van der Waals surface area contributed by atoms with Crippen LogP contribution in [0.1, 0.15) is 30.1 Å². The minimum Gasteiger partial charge on any atom is -0.462 e. The van der Waals surface area contributed by atoms with Crippen LogP contribution in [0.5, 0.6) is 0 Å².